The first-order valence-electron chi connectivity index (χ1n) is 17.3. The fourth-order valence-electron chi connectivity index (χ4n) is 4.78. The lowest BCUT2D eigenvalue weighted by atomic mass is 10.1. The fourth-order valence-corrected chi connectivity index (χ4v) is 4.78. The molecule has 0 spiro atoms. The molecule has 0 bridgehead atoms. The second kappa shape index (κ2) is 33.4. The maximum absolute atomic E-state index is 12.0. The van der Waals surface area contributed by atoms with Gasteiger partial charge in [0.05, 0.1) is 6.61 Å². The van der Waals surface area contributed by atoms with Crippen molar-refractivity contribution in [2.75, 3.05) is 32.8 Å². The number of esters is 1. The highest BCUT2D eigenvalue weighted by atomic mass is 16.5. The molecule has 0 aromatic carbocycles. The van der Waals surface area contributed by atoms with Crippen LogP contribution in [0.15, 0.2) is 36.5 Å². The third kappa shape index (κ3) is 32.4. The number of rotatable bonds is 31. The van der Waals surface area contributed by atoms with Crippen LogP contribution >= 0.6 is 0 Å². The first kappa shape index (κ1) is 39.9. The highest BCUT2D eigenvalue weighted by molar-refractivity contribution is 5.69. The summed E-state index contributed by atoms with van der Waals surface area (Å²) in [6.45, 7) is 7.92. The molecule has 0 atom stereocenters. The van der Waals surface area contributed by atoms with Crippen molar-refractivity contribution in [2.45, 2.75) is 149 Å². The Hall–Kier alpha value is -2.08. The van der Waals surface area contributed by atoms with E-state index < -0.39 is 6.09 Å². The molecule has 244 valence electrons. The van der Waals surface area contributed by atoms with Gasteiger partial charge in [-0.1, -0.05) is 108 Å². The van der Waals surface area contributed by atoms with Crippen LogP contribution < -0.4 is 5.73 Å². The van der Waals surface area contributed by atoms with E-state index in [0.29, 0.717) is 26.2 Å². The monoisotopic (exact) mass is 591 g/mol. The zero-order valence-electron chi connectivity index (χ0n) is 27.5. The number of unbranched alkanes of at least 4 members (excludes halogenated alkanes) is 14. The lowest BCUT2D eigenvalue weighted by molar-refractivity contribution is -0.143. The van der Waals surface area contributed by atoms with Crippen LogP contribution in [0, 0.1) is 0 Å². The average Bonchev–Trinajstić information content (AvgIpc) is 2.97. The van der Waals surface area contributed by atoms with Crippen LogP contribution in [0.3, 0.4) is 0 Å². The summed E-state index contributed by atoms with van der Waals surface area (Å²) in [6, 6.07) is 0. The molecule has 0 heterocycles. The topological polar surface area (TPSA) is 81.9 Å². The van der Waals surface area contributed by atoms with Crippen molar-refractivity contribution < 1.29 is 19.1 Å². The Bertz CT molecular complexity index is 690. The van der Waals surface area contributed by atoms with Crippen LogP contribution in [0.5, 0.6) is 0 Å². The zero-order chi connectivity index (χ0) is 30.8. The van der Waals surface area contributed by atoms with Gasteiger partial charge in [-0.05, 0) is 83.7 Å². The largest absolute Gasteiger partial charge is 0.465 e. The standard InChI is InChI=1S/C36H66N2O4/c1-3-5-7-9-11-12-13-14-15-16-17-18-19-20-22-26-30-38(32-34-42-36(37)40)31-27-24-25-29-35(39)41-33-28-23-21-10-8-6-4-2/h11-12,14-15,21,23H,3-10,13,16-20,22,24-34H2,1-2H3,(H2,37,40)/b12-11-,15-14-,23-21-. The van der Waals surface area contributed by atoms with Crippen molar-refractivity contribution in [3.05, 3.63) is 36.5 Å². The van der Waals surface area contributed by atoms with E-state index in [0.717, 1.165) is 58.0 Å². The van der Waals surface area contributed by atoms with Gasteiger partial charge in [0.15, 0.2) is 0 Å². The molecule has 0 aliphatic heterocycles. The van der Waals surface area contributed by atoms with Gasteiger partial charge in [-0.2, -0.15) is 0 Å². The second-order valence-electron chi connectivity index (χ2n) is 11.4. The molecule has 0 aliphatic carbocycles. The second-order valence-corrected chi connectivity index (χ2v) is 11.4. The lowest BCUT2D eigenvalue weighted by Gasteiger charge is -2.22. The van der Waals surface area contributed by atoms with E-state index in [9.17, 15) is 9.59 Å². The molecule has 6 nitrogen and oxygen atoms in total. The van der Waals surface area contributed by atoms with E-state index in [-0.39, 0.29) is 5.97 Å². The molecule has 6 heteroatoms. The van der Waals surface area contributed by atoms with E-state index in [2.05, 4.69) is 55.2 Å². The van der Waals surface area contributed by atoms with Crippen molar-refractivity contribution in [2.24, 2.45) is 5.73 Å². The maximum atomic E-state index is 12.0. The molecule has 0 saturated heterocycles. The van der Waals surface area contributed by atoms with Crippen LogP contribution in [-0.4, -0.2) is 49.8 Å². The van der Waals surface area contributed by atoms with Crippen LogP contribution in [0.4, 0.5) is 4.79 Å². The Kier molecular flexibility index (Phi) is 31.8. The number of carbonyl (C=O) groups is 2. The molecule has 0 saturated carbocycles. The summed E-state index contributed by atoms with van der Waals surface area (Å²) in [6.07, 6.45) is 36.8. The fraction of sp³-hybridized carbons (Fsp3) is 0.778. The van der Waals surface area contributed by atoms with Gasteiger partial charge >= 0.3 is 12.1 Å². The summed E-state index contributed by atoms with van der Waals surface area (Å²) in [4.78, 5) is 25.3. The number of nitrogens with zero attached hydrogens (tertiary/aromatic N) is 1. The van der Waals surface area contributed by atoms with E-state index in [1.807, 2.05) is 0 Å². The number of hydrogen-bond donors (Lipinski definition) is 1. The van der Waals surface area contributed by atoms with Gasteiger partial charge in [0.25, 0.3) is 0 Å². The molecule has 42 heavy (non-hydrogen) atoms. The van der Waals surface area contributed by atoms with E-state index >= 15 is 0 Å². The Morgan fingerprint density at radius 1 is 0.548 bits per heavy atom. The van der Waals surface area contributed by atoms with Crippen molar-refractivity contribution in [1.29, 1.82) is 0 Å². The van der Waals surface area contributed by atoms with Crippen molar-refractivity contribution in [1.82, 2.24) is 4.90 Å². The minimum atomic E-state index is -0.714. The Balaban J connectivity index is 3.86. The summed E-state index contributed by atoms with van der Waals surface area (Å²) in [7, 11) is 0. The predicted molar refractivity (Wildman–Crippen MR) is 179 cm³/mol. The van der Waals surface area contributed by atoms with Gasteiger partial charge in [-0.3, -0.25) is 9.69 Å². The van der Waals surface area contributed by atoms with Gasteiger partial charge in [0.1, 0.15) is 6.61 Å². The van der Waals surface area contributed by atoms with Gasteiger partial charge in [0.2, 0.25) is 0 Å². The van der Waals surface area contributed by atoms with Crippen LogP contribution in [0.1, 0.15) is 149 Å². The smallest absolute Gasteiger partial charge is 0.404 e. The third-order valence-electron chi connectivity index (χ3n) is 7.37. The summed E-state index contributed by atoms with van der Waals surface area (Å²) in [5.41, 5.74) is 5.13. The van der Waals surface area contributed by atoms with Crippen LogP contribution in [0.2, 0.25) is 0 Å². The third-order valence-corrected chi connectivity index (χ3v) is 7.37. The molecule has 1 amide bonds. The number of carbonyl (C=O) groups excluding carboxylic acids is 2. The molecule has 2 N–H and O–H groups in total. The number of nitrogens with two attached hydrogens (primary N) is 1. The summed E-state index contributed by atoms with van der Waals surface area (Å²) in [5.74, 6) is -0.0950. The first-order valence-corrected chi connectivity index (χ1v) is 17.3. The van der Waals surface area contributed by atoms with Crippen LogP contribution in [-0.2, 0) is 14.3 Å². The number of amides is 1. The zero-order valence-corrected chi connectivity index (χ0v) is 27.5. The maximum Gasteiger partial charge on any atom is 0.404 e. The highest BCUT2D eigenvalue weighted by Gasteiger charge is 2.07. The summed E-state index contributed by atoms with van der Waals surface area (Å²) >= 11 is 0. The Labute approximate surface area is 259 Å². The SMILES string of the molecule is CCCCC/C=C\C/C=C\CCCCCCCCN(CCCCCC(=O)OCC/C=C\CCCCC)CCOC(N)=O. The average molecular weight is 591 g/mol. The van der Waals surface area contributed by atoms with Gasteiger partial charge < -0.3 is 15.2 Å². The van der Waals surface area contributed by atoms with E-state index in [1.54, 1.807) is 0 Å². The summed E-state index contributed by atoms with van der Waals surface area (Å²) < 4.78 is 10.3. The quantitative estimate of drug-likeness (QED) is 0.0494. The number of ether oxygens (including phenoxy) is 2. The van der Waals surface area contributed by atoms with Gasteiger partial charge in [-0.25, -0.2) is 4.79 Å². The normalized spacial score (nSPS) is 11.9. The molecule has 0 radical (unpaired) electrons. The molecule has 0 aromatic rings. The minimum Gasteiger partial charge on any atom is -0.465 e. The lowest BCUT2D eigenvalue weighted by Crippen LogP contribution is -2.31. The molecular weight excluding hydrogens is 524 g/mol. The van der Waals surface area contributed by atoms with Gasteiger partial charge in [-0.15, -0.1) is 0 Å². The molecule has 0 fully saturated rings. The molecule has 0 unspecified atom stereocenters. The van der Waals surface area contributed by atoms with Crippen molar-refractivity contribution in [3.8, 4) is 0 Å². The predicted octanol–water partition coefficient (Wildman–Crippen LogP) is 9.83. The van der Waals surface area contributed by atoms with E-state index in [4.69, 9.17) is 15.2 Å². The number of primary amides is 1. The molecular formula is C36H66N2O4. The number of allylic oxidation sites excluding steroid dienone is 5. The number of hydrogen-bond acceptors (Lipinski definition) is 5. The van der Waals surface area contributed by atoms with Crippen molar-refractivity contribution >= 4 is 12.1 Å². The molecule has 0 aromatic heterocycles. The van der Waals surface area contributed by atoms with E-state index in [1.165, 1.54) is 83.5 Å². The highest BCUT2D eigenvalue weighted by Crippen LogP contribution is 2.10. The Morgan fingerprint density at radius 2 is 1.05 bits per heavy atom. The molecule has 0 aliphatic rings. The molecule has 0 rings (SSSR count). The first-order chi connectivity index (χ1) is 20.6. The summed E-state index contributed by atoms with van der Waals surface area (Å²) in [5, 5.41) is 0. The Morgan fingerprint density at radius 3 is 1.64 bits per heavy atom. The van der Waals surface area contributed by atoms with Crippen molar-refractivity contribution in [3.63, 3.8) is 0 Å². The van der Waals surface area contributed by atoms with Crippen LogP contribution in [0.25, 0.3) is 0 Å². The van der Waals surface area contributed by atoms with Gasteiger partial charge in [0, 0.05) is 13.0 Å². The minimum absolute atomic E-state index is 0.0950.